The van der Waals surface area contributed by atoms with Crippen LogP contribution in [0.2, 0.25) is 0 Å². The highest BCUT2D eigenvalue weighted by atomic mass is 32.1. The smallest absolute Gasteiger partial charge is 0.311 e. The molecule has 0 saturated heterocycles. The van der Waals surface area contributed by atoms with Gasteiger partial charge in [0.05, 0.1) is 11.1 Å². The number of rotatable bonds is 6. The number of hydrogen-bond acceptors (Lipinski definition) is 5. The van der Waals surface area contributed by atoms with Crippen LogP contribution in [0, 0.1) is 5.41 Å². The maximum absolute atomic E-state index is 12.1. The SMILES string of the molecule is CCCc1nnsc1C(=O)NCC1(C(=O)O)CCCC1. The quantitative estimate of drug-likeness (QED) is 0.836. The van der Waals surface area contributed by atoms with E-state index in [1.807, 2.05) is 6.92 Å². The number of carboxylic acids is 1. The van der Waals surface area contributed by atoms with Crippen molar-refractivity contribution in [1.29, 1.82) is 0 Å². The fourth-order valence-corrected chi connectivity index (χ4v) is 3.25. The minimum absolute atomic E-state index is 0.185. The van der Waals surface area contributed by atoms with Gasteiger partial charge in [-0.25, -0.2) is 0 Å². The number of hydrogen-bond donors (Lipinski definition) is 2. The Morgan fingerprint density at radius 1 is 1.40 bits per heavy atom. The van der Waals surface area contributed by atoms with Gasteiger partial charge in [0.2, 0.25) is 0 Å². The molecule has 1 amide bonds. The molecule has 1 aliphatic rings. The van der Waals surface area contributed by atoms with E-state index in [9.17, 15) is 14.7 Å². The maximum Gasteiger partial charge on any atom is 0.311 e. The molecule has 0 aliphatic heterocycles. The van der Waals surface area contributed by atoms with Gasteiger partial charge in [-0.1, -0.05) is 30.7 Å². The largest absolute Gasteiger partial charge is 0.481 e. The first-order valence-corrected chi connectivity index (χ1v) is 7.69. The fourth-order valence-electron chi connectivity index (χ4n) is 2.63. The number of carbonyl (C=O) groups excluding carboxylic acids is 1. The number of nitrogens with one attached hydrogen (secondary N) is 1. The second-order valence-electron chi connectivity index (χ2n) is 5.27. The van der Waals surface area contributed by atoms with Gasteiger partial charge in [0, 0.05) is 6.54 Å². The predicted molar refractivity (Wildman–Crippen MR) is 74.8 cm³/mol. The van der Waals surface area contributed by atoms with Crippen LogP contribution in [0.3, 0.4) is 0 Å². The van der Waals surface area contributed by atoms with Crippen molar-refractivity contribution in [2.75, 3.05) is 6.54 Å². The van der Waals surface area contributed by atoms with Gasteiger partial charge in [-0.3, -0.25) is 9.59 Å². The molecule has 1 aromatic rings. The molecule has 7 heteroatoms. The maximum atomic E-state index is 12.1. The lowest BCUT2D eigenvalue weighted by Crippen LogP contribution is -2.41. The third-order valence-corrected chi connectivity index (χ3v) is 4.62. The summed E-state index contributed by atoms with van der Waals surface area (Å²) in [5.74, 6) is -1.07. The van der Waals surface area contributed by atoms with Gasteiger partial charge >= 0.3 is 5.97 Å². The second kappa shape index (κ2) is 6.30. The van der Waals surface area contributed by atoms with Crippen molar-refractivity contribution in [2.24, 2.45) is 5.41 Å². The van der Waals surface area contributed by atoms with Crippen LogP contribution in [0.5, 0.6) is 0 Å². The molecule has 0 bridgehead atoms. The molecular weight excluding hydrogens is 278 g/mol. The van der Waals surface area contributed by atoms with Crippen molar-refractivity contribution in [3.8, 4) is 0 Å². The number of aryl methyl sites for hydroxylation is 1. The number of carboxylic acid groups (broad SMARTS) is 1. The number of carbonyl (C=O) groups is 2. The van der Waals surface area contributed by atoms with Crippen LogP contribution in [-0.4, -0.2) is 33.1 Å². The lowest BCUT2D eigenvalue weighted by Gasteiger charge is -2.23. The van der Waals surface area contributed by atoms with Crippen molar-refractivity contribution >= 4 is 23.4 Å². The molecule has 0 radical (unpaired) electrons. The molecule has 0 spiro atoms. The average Bonchev–Trinajstić information content (AvgIpc) is 3.06. The van der Waals surface area contributed by atoms with E-state index in [2.05, 4.69) is 14.9 Å². The summed E-state index contributed by atoms with van der Waals surface area (Å²) >= 11 is 1.07. The molecule has 2 N–H and O–H groups in total. The molecule has 2 rings (SSSR count). The Hall–Kier alpha value is -1.50. The molecule has 6 nitrogen and oxygen atoms in total. The highest BCUT2D eigenvalue weighted by molar-refractivity contribution is 7.08. The van der Waals surface area contributed by atoms with Gasteiger partial charge in [0.25, 0.3) is 5.91 Å². The van der Waals surface area contributed by atoms with Crippen LogP contribution < -0.4 is 5.32 Å². The minimum atomic E-state index is -0.813. The standard InChI is InChI=1S/C13H19N3O3S/c1-2-5-9-10(20-16-15-9)11(17)14-8-13(12(18)19)6-3-4-7-13/h2-8H2,1H3,(H,14,17)(H,18,19). The van der Waals surface area contributed by atoms with Crippen LogP contribution in [0.15, 0.2) is 0 Å². The summed E-state index contributed by atoms with van der Waals surface area (Å²) in [6.45, 7) is 2.20. The van der Waals surface area contributed by atoms with E-state index in [4.69, 9.17) is 0 Å². The Kier molecular flexibility index (Phi) is 4.69. The van der Waals surface area contributed by atoms with Gasteiger partial charge in [-0.05, 0) is 30.8 Å². The predicted octanol–water partition coefficient (Wildman–Crippen LogP) is 1.87. The molecule has 1 aliphatic carbocycles. The lowest BCUT2D eigenvalue weighted by molar-refractivity contribution is -0.148. The number of amides is 1. The highest BCUT2D eigenvalue weighted by Crippen LogP contribution is 2.37. The zero-order valence-electron chi connectivity index (χ0n) is 11.5. The van der Waals surface area contributed by atoms with Crippen LogP contribution in [0.4, 0.5) is 0 Å². The number of aromatic nitrogens is 2. The van der Waals surface area contributed by atoms with Crippen molar-refractivity contribution < 1.29 is 14.7 Å². The van der Waals surface area contributed by atoms with E-state index < -0.39 is 11.4 Å². The first-order chi connectivity index (χ1) is 9.59. The van der Waals surface area contributed by atoms with Gasteiger partial charge in [0.15, 0.2) is 0 Å². The van der Waals surface area contributed by atoms with Gasteiger partial charge in [-0.2, -0.15) is 0 Å². The van der Waals surface area contributed by atoms with Gasteiger partial charge in [-0.15, -0.1) is 5.10 Å². The second-order valence-corrected chi connectivity index (χ2v) is 6.03. The van der Waals surface area contributed by atoms with Crippen molar-refractivity contribution in [3.05, 3.63) is 10.6 Å². The first kappa shape index (κ1) is 14.9. The Balaban J connectivity index is 2.01. The summed E-state index contributed by atoms with van der Waals surface area (Å²) < 4.78 is 3.81. The summed E-state index contributed by atoms with van der Waals surface area (Å²) in [6, 6.07) is 0. The topological polar surface area (TPSA) is 92.2 Å². The zero-order valence-corrected chi connectivity index (χ0v) is 12.3. The Bertz CT molecular complexity index is 495. The molecule has 1 heterocycles. The zero-order chi connectivity index (χ0) is 14.6. The van der Waals surface area contributed by atoms with Crippen molar-refractivity contribution in [3.63, 3.8) is 0 Å². The van der Waals surface area contributed by atoms with Gasteiger partial charge in [0.1, 0.15) is 4.88 Å². The Morgan fingerprint density at radius 2 is 2.10 bits per heavy atom. The molecule has 1 aromatic heterocycles. The van der Waals surface area contributed by atoms with E-state index in [1.165, 1.54) is 0 Å². The van der Waals surface area contributed by atoms with Gasteiger partial charge < -0.3 is 10.4 Å². The summed E-state index contributed by atoms with van der Waals surface area (Å²) in [6.07, 6.45) is 4.68. The van der Waals surface area contributed by atoms with E-state index in [0.717, 1.165) is 30.8 Å². The summed E-state index contributed by atoms with van der Waals surface area (Å²) in [5.41, 5.74) is -0.0931. The fraction of sp³-hybridized carbons (Fsp3) is 0.692. The summed E-state index contributed by atoms with van der Waals surface area (Å²) in [7, 11) is 0. The summed E-state index contributed by atoms with van der Waals surface area (Å²) in [5, 5.41) is 16.1. The third-order valence-electron chi connectivity index (χ3n) is 3.85. The summed E-state index contributed by atoms with van der Waals surface area (Å²) in [4.78, 5) is 24.1. The normalized spacial score (nSPS) is 17.1. The van der Waals surface area contributed by atoms with E-state index >= 15 is 0 Å². The molecule has 20 heavy (non-hydrogen) atoms. The molecule has 0 aromatic carbocycles. The molecule has 0 unspecified atom stereocenters. The number of aliphatic carboxylic acids is 1. The van der Waals surface area contributed by atoms with E-state index in [1.54, 1.807) is 0 Å². The van der Waals surface area contributed by atoms with Crippen molar-refractivity contribution in [1.82, 2.24) is 14.9 Å². The molecular formula is C13H19N3O3S. The molecule has 0 atom stereocenters. The van der Waals surface area contributed by atoms with Crippen LogP contribution in [0.1, 0.15) is 54.4 Å². The third kappa shape index (κ3) is 2.98. The Labute approximate surface area is 121 Å². The van der Waals surface area contributed by atoms with E-state index in [-0.39, 0.29) is 12.5 Å². The monoisotopic (exact) mass is 297 g/mol. The molecule has 1 saturated carbocycles. The van der Waals surface area contributed by atoms with E-state index in [0.29, 0.717) is 29.8 Å². The van der Waals surface area contributed by atoms with Crippen LogP contribution in [0.25, 0.3) is 0 Å². The highest BCUT2D eigenvalue weighted by Gasteiger charge is 2.41. The Morgan fingerprint density at radius 3 is 2.70 bits per heavy atom. The number of nitrogens with zero attached hydrogens (tertiary/aromatic N) is 2. The lowest BCUT2D eigenvalue weighted by atomic mass is 9.86. The van der Waals surface area contributed by atoms with Crippen molar-refractivity contribution in [2.45, 2.75) is 45.4 Å². The van der Waals surface area contributed by atoms with Crippen LogP contribution in [-0.2, 0) is 11.2 Å². The van der Waals surface area contributed by atoms with Crippen LogP contribution >= 0.6 is 11.5 Å². The molecule has 1 fully saturated rings. The first-order valence-electron chi connectivity index (χ1n) is 6.92. The average molecular weight is 297 g/mol. The molecule has 110 valence electrons. The minimum Gasteiger partial charge on any atom is -0.481 e.